The Bertz CT molecular complexity index is 845. The van der Waals surface area contributed by atoms with E-state index in [2.05, 4.69) is 9.97 Å². The summed E-state index contributed by atoms with van der Waals surface area (Å²) >= 11 is 1.46. The quantitative estimate of drug-likeness (QED) is 0.736. The molecule has 1 unspecified atom stereocenters. The first kappa shape index (κ1) is 18.0. The summed E-state index contributed by atoms with van der Waals surface area (Å²) in [6, 6.07) is 5.48. The molecule has 3 rings (SSSR count). The summed E-state index contributed by atoms with van der Waals surface area (Å²) in [5.74, 6) is -0.0672. The first-order chi connectivity index (χ1) is 11.8. The smallest absolute Gasteiger partial charge is 0.229 e. The van der Waals surface area contributed by atoms with Gasteiger partial charge in [0.1, 0.15) is 14.8 Å². The lowest BCUT2D eigenvalue weighted by Gasteiger charge is -2.28. The van der Waals surface area contributed by atoms with Gasteiger partial charge in [0.05, 0.1) is 23.6 Å². The zero-order valence-corrected chi connectivity index (χ0v) is 15.9. The fourth-order valence-corrected chi connectivity index (χ4v) is 4.75. The highest BCUT2D eigenvalue weighted by Gasteiger charge is 2.36. The summed E-state index contributed by atoms with van der Waals surface area (Å²) in [4.78, 5) is 23.3. The van der Waals surface area contributed by atoms with Gasteiger partial charge in [0.25, 0.3) is 0 Å². The van der Waals surface area contributed by atoms with Crippen LogP contribution in [-0.4, -0.2) is 53.3 Å². The lowest BCUT2D eigenvalue weighted by molar-refractivity contribution is -0.132. The van der Waals surface area contributed by atoms with E-state index >= 15 is 0 Å². The minimum absolute atomic E-state index is 0.00844. The zero-order chi connectivity index (χ0) is 18.0. The highest BCUT2D eigenvalue weighted by molar-refractivity contribution is 7.90. The molecule has 1 aliphatic rings. The molecule has 0 saturated heterocycles. The largest absolute Gasteiger partial charge is 0.336 e. The summed E-state index contributed by atoms with van der Waals surface area (Å²) in [5, 5.41) is 2.65. The van der Waals surface area contributed by atoms with Crippen molar-refractivity contribution in [2.24, 2.45) is 0 Å². The minimum Gasteiger partial charge on any atom is -0.336 e. The first-order valence-electron chi connectivity index (χ1n) is 8.18. The van der Waals surface area contributed by atoms with Gasteiger partial charge >= 0.3 is 0 Å². The van der Waals surface area contributed by atoms with E-state index in [1.807, 2.05) is 23.6 Å². The van der Waals surface area contributed by atoms with E-state index in [4.69, 9.17) is 0 Å². The van der Waals surface area contributed by atoms with E-state index in [0.717, 1.165) is 23.5 Å². The molecule has 25 heavy (non-hydrogen) atoms. The van der Waals surface area contributed by atoms with Gasteiger partial charge in [-0.05, 0) is 31.9 Å². The van der Waals surface area contributed by atoms with Gasteiger partial charge in [-0.25, -0.2) is 13.4 Å². The van der Waals surface area contributed by atoms with Crippen molar-refractivity contribution in [2.75, 3.05) is 12.0 Å². The van der Waals surface area contributed by atoms with Gasteiger partial charge in [0.15, 0.2) is 0 Å². The fraction of sp³-hybridized carbons (Fsp3) is 0.471. The first-order valence-corrected chi connectivity index (χ1v) is 11.1. The second-order valence-electron chi connectivity index (χ2n) is 6.51. The Hall–Kier alpha value is -1.80. The van der Waals surface area contributed by atoms with Gasteiger partial charge in [-0.15, -0.1) is 11.3 Å². The fourth-order valence-electron chi connectivity index (χ4n) is 2.92. The van der Waals surface area contributed by atoms with Gasteiger partial charge in [-0.2, -0.15) is 0 Å². The molecule has 0 aromatic carbocycles. The van der Waals surface area contributed by atoms with E-state index in [0.29, 0.717) is 5.69 Å². The third kappa shape index (κ3) is 4.85. The average Bonchev–Trinajstić information content (AvgIpc) is 3.24. The molecule has 0 N–H and O–H groups in total. The Balaban J connectivity index is 1.71. The maximum Gasteiger partial charge on any atom is 0.229 e. The molecule has 0 bridgehead atoms. The molecular weight excluding hydrogens is 358 g/mol. The number of amides is 1. The molecule has 134 valence electrons. The number of aromatic nitrogens is 2. The second kappa shape index (κ2) is 7.21. The van der Waals surface area contributed by atoms with Crippen molar-refractivity contribution in [3.05, 3.63) is 35.5 Å². The summed E-state index contributed by atoms with van der Waals surface area (Å²) in [6.45, 7) is 1.80. The molecule has 0 spiro atoms. The second-order valence-corrected chi connectivity index (χ2v) is 9.55. The van der Waals surface area contributed by atoms with Gasteiger partial charge in [-0.3, -0.25) is 9.78 Å². The summed E-state index contributed by atoms with van der Waals surface area (Å²) < 4.78 is 23.1. The van der Waals surface area contributed by atoms with Crippen molar-refractivity contribution in [1.82, 2.24) is 14.9 Å². The number of carbonyl (C=O) groups excluding carboxylic acids is 1. The van der Waals surface area contributed by atoms with Crippen LogP contribution in [0.3, 0.4) is 0 Å². The predicted molar refractivity (Wildman–Crippen MR) is 98.1 cm³/mol. The van der Waals surface area contributed by atoms with Gasteiger partial charge < -0.3 is 4.90 Å². The molecule has 1 fully saturated rings. The van der Waals surface area contributed by atoms with E-state index in [1.165, 1.54) is 17.6 Å². The molecule has 2 heterocycles. The molecule has 0 radical (unpaired) electrons. The normalized spacial score (nSPS) is 15.8. The minimum atomic E-state index is -3.13. The maximum absolute atomic E-state index is 12.7. The van der Waals surface area contributed by atoms with E-state index in [-0.39, 0.29) is 30.2 Å². The van der Waals surface area contributed by atoms with Crippen LogP contribution in [0.1, 0.15) is 25.5 Å². The third-order valence-electron chi connectivity index (χ3n) is 4.02. The van der Waals surface area contributed by atoms with Crippen LogP contribution in [0.5, 0.6) is 0 Å². The number of nitrogens with zero attached hydrogens (tertiary/aromatic N) is 3. The lowest BCUT2D eigenvalue weighted by atomic mass is 10.2. The summed E-state index contributed by atoms with van der Waals surface area (Å²) in [6.07, 6.45) is 4.99. The van der Waals surface area contributed by atoms with Crippen molar-refractivity contribution in [3.63, 3.8) is 0 Å². The van der Waals surface area contributed by atoms with Crippen LogP contribution in [0.25, 0.3) is 10.7 Å². The molecule has 0 aliphatic heterocycles. The maximum atomic E-state index is 12.7. The van der Waals surface area contributed by atoms with Crippen LogP contribution in [-0.2, 0) is 21.1 Å². The Labute approximate surface area is 151 Å². The van der Waals surface area contributed by atoms with Gasteiger partial charge in [0.2, 0.25) is 5.91 Å². The van der Waals surface area contributed by atoms with Gasteiger partial charge in [0, 0.05) is 29.9 Å². The van der Waals surface area contributed by atoms with Crippen LogP contribution < -0.4 is 0 Å². The number of carbonyl (C=O) groups is 1. The number of rotatable bonds is 7. The SMILES string of the molecule is CC(CS(C)(=O)=O)N(C(=O)Cc1csc(-c2ccccn2)n1)C1CC1. The van der Waals surface area contributed by atoms with Crippen molar-refractivity contribution >= 4 is 27.1 Å². The molecule has 6 nitrogen and oxygen atoms in total. The number of pyridine rings is 1. The lowest BCUT2D eigenvalue weighted by Crippen LogP contribution is -2.44. The van der Waals surface area contributed by atoms with Crippen LogP contribution >= 0.6 is 11.3 Å². The standard InChI is InChI=1S/C17H21N3O3S2/c1-12(11-25(2,22)23)20(14-6-7-14)16(21)9-13-10-24-17(19-13)15-5-3-4-8-18-15/h3-5,8,10,12,14H,6-7,9,11H2,1-2H3. The molecule has 1 atom stereocenters. The molecule has 1 amide bonds. The Morgan fingerprint density at radius 3 is 2.76 bits per heavy atom. The average molecular weight is 380 g/mol. The van der Waals surface area contributed by atoms with Crippen molar-refractivity contribution < 1.29 is 13.2 Å². The van der Waals surface area contributed by atoms with Crippen molar-refractivity contribution in [2.45, 2.75) is 38.3 Å². The molecule has 2 aromatic heterocycles. The van der Waals surface area contributed by atoms with E-state index < -0.39 is 9.84 Å². The summed E-state index contributed by atoms with van der Waals surface area (Å²) in [7, 11) is -3.13. The van der Waals surface area contributed by atoms with Crippen molar-refractivity contribution in [1.29, 1.82) is 0 Å². The van der Waals surface area contributed by atoms with Crippen LogP contribution in [0.4, 0.5) is 0 Å². The van der Waals surface area contributed by atoms with Crippen LogP contribution in [0.2, 0.25) is 0 Å². The third-order valence-corrected chi connectivity index (χ3v) is 6.02. The molecule has 2 aromatic rings. The van der Waals surface area contributed by atoms with E-state index in [1.54, 1.807) is 18.0 Å². The Morgan fingerprint density at radius 2 is 2.16 bits per heavy atom. The zero-order valence-electron chi connectivity index (χ0n) is 14.3. The molecular formula is C17H21N3O3S2. The van der Waals surface area contributed by atoms with Crippen LogP contribution in [0.15, 0.2) is 29.8 Å². The highest BCUT2D eigenvalue weighted by Crippen LogP contribution is 2.30. The van der Waals surface area contributed by atoms with Gasteiger partial charge in [-0.1, -0.05) is 6.07 Å². The molecule has 1 aliphatic carbocycles. The monoisotopic (exact) mass is 379 g/mol. The molecule has 8 heteroatoms. The molecule has 1 saturated carbocycles. The number of thiazole rings is 1. The number of sulfone groups is 1. The number of hydrogen-bond donors (Lipinski definition) is 0. The number of hydrogen-bond acceptors (Lipinski definition) is 6. The topological polar surface area (TPSA) is 80.2 Å². The Morgan fingerprint density at radius 1 is 1.40 bits per heavy atom. The predicted octanol–water partition coefficient (Wildman–Crippen LogP) is 2.17. The van der Waals surface area contributed by atoms with Crippen molar-refractivity contribution in [3.8, 4) is 10.7 Å². The van der Waals surface area contributed by atoms with E-state index in [9.17, 15) is 13.2 Å². The Kier molecular flexibility index (Phi) is 5.19. The summed E-state index contributed by atoms with van der Waals surface area (Å²) in [5.41, 5.74) is 1.49. The highest BCUT2D eigenvalue weighted by atomic mass is 32.2. The van der Waals surface area contributed by atoms with Crippen LogP contribution in [0, 0.1) is 0 Å².